The lowest BCUT2D eigenvalue weighted by molar-refractivity contribution is 0.111. The molecule has 1 heterocycles. The number of hydrogen-bond donors (Lipinski definition) is 0. The highest BCUT2D eigenvalue weighted by molar-refractivity contribution is 5.72. The number of aldehydes is 1. The van der Waals surface area contributed by atoms with Crippen LogP contribution in [0.15, 0.2) is 18.3 Å². The van der Waals surface area contributed by atoms with Gasteiger partial charge < -0.3 is 9.47 Å². The molecule has 0 saturated carbocycles. The van der Waals surface area contributed by atoms with E-state index in [0.29, 0.717) is 0 Å². The molecule has 0 saturated heterocycles. The van der Waals surface area contributed by atoms with Crippen molar-refractivity contribution in [1.82, 2.24) is 9.47 Å². The second kappa shape index (κ2) is 5.60. The molecule has 0 aliphatic rings. The van der Waals surface area contributed by atoms with Crippen molar-refractivity contribution >= 4 is 6.29 Å². The summed E-state index contributed by atoms with van der Waals surface area (Å²) in [6, 6.07) is 3.76. The van der Waals surface area contributed by atoms with Crippen molar-refractivity contribution in [1.29, 1.82) is 0 Å². The van der Waals surface area contributed by atoms with Gasteiger partial charge in [0.1, 0.15) is 0 Å². The first-order valence-corrected chi connectivity index (χ1v) is 4.99. The fourth-order valence-corrected chi connectivity index (χ4v) is 1.45. The van der Waals surface area contributed by atoms with E-state index in [0.717, 1.165) is 31.5 Å². The number of aryl methyl sites for hydroxylation is 1. The fourth-order valence-electron chi connectivity index (χ4n) is 1.45. The highest BCUT2D eigenvalue weighted by atomic mass is 16.1. The summed E-state index contributed by atoms with van der Waals surface area (Å²) in [6.45, 7) is 2.05. The Kier molecular flexibility index (Phi) is 4.40. The molecule has 0 N–H and O–H groups in total. The quantitative estimate of drug-likeness (QED) is 0.508. The van der Waals surface area contributed by atoms with Crippen LogP contribution in [-0.4, -0.2) is 36.4 Å². The van der Waals surface area contributed by atoms with Crippen molar-refractivity contribution in [2.24, 2.45) is 0 Å². The zero-order valence-electron chi connectivity index (χ0n) is 8.94. The van der Waals surface area contributed by atoms with E-state index in [1.807, 2.05) is 22.9 Å². The number of rotatable bonds is 6. The summed E-state index contributed by atoms with van der Waals surface area (Å²) >= 11 is 0. The van der Waals surface area contributed by atoms with E-state index < -0.39 is 0 Å². The molecule has 0 spiro atoms. The van der Waals surface area contributed by atoms with Crippen molar-refractivity contribution in [2.75, 3.05) is 20.6 Å². The minimum absolute atomic E-state index is 0.773. The Balaban J connectivity index is 2.27. The zero-order chi connectivity index (χ0) is 10.4. The lowest BCUT2D eigenvalue weighted by Gasteiger charge is -2.09. The standard InChI is InChI=1S/C11H18N2O/c1-12(2)7-3-4-8-13-9-5-6-11(13)10-14/h5-6,9-10H,3-4,7-8H2,1-2H3. The smallest absolute Gasteiger partial charge is 0.166 e. The first-order chi connectivity index (χ1) is 6.74. The van der Waals surface area contributed by atoms with Crippen molar-refractivity contribution < 1.29 is 4.79 Å². The summed E-state index contributed by atoms with van der Waals surface area (Å²) in [7, 11) is 4.15. The van der Waals surface area contributed by atoms with Crippen LogP contribution in [0.25, 0.3) is 0 Å². The molecular formula is C11H18N2O. The van der Waals surface area contributed by atoms with Crippen molar-refractivity contribution in [3.8, 4) is 0 Å². The Morgan fingerprint density at radius 3 is 2.86 bits per heavy atom. The van der Waals surface area contributed by atoms with E-state index in [4.69, 9.17) is 0 Å². The second-order valence-electron chi connectivity index (χ2n) is 3.75. The topological polar surface area (TPSA) is 25.2 Å². The molecule has 0 fully saturated rings. The molecule has 0 unspecified atom stereocenters. The summed E-state index contributed by atoms with van der Waals surface area (Å²) in [4.78, 5) is 12.8. The predicted molar refractivity (Wildman–Crippen MR) is 57.6 cm³/mol. The van der Waals surface area contributed by atoms with Gasteiger partial charge in [0.2, 0.25) is 0 Å². The molecule has 0 atom stereocenters. The highest BCUT2D eigenvalue weighted by Gasteiger charge is 1.98. The van der Waals surface area contributed by atoms with E-state index in [9.17, 15) is 4.79 Å². The van der Waals surface area contributed by atoms with Gasteiger partial charge in [-0.1, -0.05) is 0 Å². The first kappa shape index (κ1) is 11.0. The van der Waals surface area contributed by atoms with Gasteiger partial charge in [-0.25, -0.2) is 0 Å². The molecule has 0 amide bonds. The van der Waals surface area contributed by atoms with Crippen LogP contribution in [0.5, 0.6) is 0 Å². The Bertz CT molecular complexity index is 279. The normalized spacial score (nSPS) is 10.8. The zero-order valence-corrected chi connectivity index (χ0v) is 8.94. The van der Waals surface area contributed by atoms with Gasteiger partial charge in [0.25, 0.3) is 0 Å². The van der Waals surface area contributed by atoms with E-state index in [1.165, 1.54) is 6.42 Å². The highest BCUT2D eigenvalue weighted by Crippen LogP contribution is 2.02. The first-order valence-electron chi connectivity index (χ1n) is 4.99. The molecule has 1 aromatic rings. The van der Waals surface area contributed by atoms with Crippen LogP contribution in [0.3, 0.4) is 0 Å². The second-order valence-corrected chi connectivity index (χ2v) is 3.75. The van der Waals surface area contributed by atoms with E-state index in [1.54, 1.807) is 0 Å². The number of hydrogen-bond acceptors (Lipinski definition) is 2. The van der Waals surface area contributed by atoms with Crippen LogP contribution in [0.1, 0.15) is 23.3 Å². The molecule has 78 valence electrons. The third-order valence-electron chi connectivity index (χ3n) is 2.24. The molecule has 1 rings (SSSR count). The lowest BCUT2D eigenvalue weighted by Crippen LogP contribution is -2.13. The van der Waals surface area contributed by atoms with E-state index >= 15 is 0 Å². The minimum atomic E-state index is 0.773. The third-order valence-corrected chi connectivity index (χ3v) is 2.24. The summed E-state index contributed by atoms with van der Waals surface area (Å²) in [6.07, 6.45) is 5.16. The number of carbonyl (C=O) groups excluding carboxylic acids is 1. The van der Waals surface area contributed by atoms with Crippen LogP contribution in [0.2, 0.25) is 0 Å². The van der Waals surface area contributed by atoms with Crippen LogP contribution < -0.4 is 0 Å². The summed E-state index contributed by atoms with van der Waals surface area (Å²) in [5.74, 6) is 0. The Hall–Kier alpha value is -1.09. The molecular weight excluding hydrogens is 176 g/mol. The maximum absolute atomic E-state index is 10.6. The molecule has 3 nitrogen and oxygen atoms in total. The summed E-state index contributed by atoms with van der Waals surface area (Å²) in [5.41, 5.74) is 0.773. The average molecular weight is 194 g/mol. The number of aromatic nitrogens is 1. The Morgan fingerprint density at radius 2 is 2.21 bits per heavy atom. The third kappa shape index (κ3) is 3.34. The molecule has 3 heteroatoms. The largest absolute Gasteiger partial charge is 0.345 e. The molecule has 0 aromatic carbocycles. The molecule has 1 aromatic heterocycles. The van der Waals surface area contributed by atoms with Gasteiger partial charge >= 0.3 is 0 Å². The summed E-state index contributed by atoms with van der Waals surface area (Å²) < 4.78 is 2.00. The van der Waals surface area contributed by atoms with Crippen LogP contribution in [0, 0.1) is 0 Å². The maximum Gasteiger partial charge on any atom is 0.166 e. The lowest BCUT2D eigenvalue weighted by atomic mass is 10.3. The van der Waals surface area contributed by atoms with E-state index in [2.05, 4.69) is 19.0 Å². The van der Waals surface area contributed by atoms with Crippen molar-refractivity contribution in [3.05, 3.63) is 24.0 Å². The molecule has 0 bridgehead atoms. The monoisotopic (exact) mass is 194 g/mol. The Morgan fingerprint density at radius 1 is 1.43 bits per heavy atom. The van der Waals surface area contributed by atoms with Crippen LogP contribution in [0.4, 0.5) is 0 Å². The summed E-state index contributed by atoms with van der Waals surface area (Å²) in [5, 5.41) is 0. The minimum Gasteiger partial charge on any atom is -0.345 e. The van der Waals surface area contributed by atoms with Gasteiger partial charge in [0.15, 0.2) is 6.29 Å². The van der Waals surface area contributed by atoms with Gasteiger partial charge in [-0.2, -0.15) is 0 Å². The van der Waals surface area contributed by atoms with Gasteiger partial charge in [-0.15, -0.1) is 0 Å². The van der Waals surface area contributed by atoms with Crippen LogP contribution in [-0.2, 0) is 6.54 Å². The van der Waals surface area contributed by atoms with Crippen LogP contribution >= 0.6 is 0 Å². The fraction of sp³-hybridized carbons (Fsp3) is 0.545. The van der Waals surface area contributed by atoms with Gasteiger partial charge in [-0.05, 0) is 45.6 Å². The van der Waals surface area contributed by atoms with Gasteiger partial charge in [-0.3, -0.25) is 4.79 Å². The van der Waals surface area contributed by atoms with Gasteiger partial charge in [0, 0.05) is 12.7 Å². The van der Waals surface area contributed by atoms with Crippen molar-refractivity contribution in [2.45, 2.75) is 19.4 Å². The SMILES string of the molecule is CN(C)CCCCn1cccc1C=O. The van der Waals surface area contributed by atoms with Gasteiger partial charge in [0.05, 0.1) is 5.69 Å². The Labute approximate surface area is 85.3 Å². The molecule has 0 radical (unpaired) electrons. The number of unbranched alkanes of at least 4 members (excludes halogenated alkanes) is 1. The average Bonchev–Trinajstić information content (AvgIpc) is 2.59. The van der Waals surface area contributed by atoms with Crippen molar-refractivity contribution in [3.63, 3.8) is 0 Å². The molecule has 14 heavy (non-hydrogen) atoms. The predicted octanol–water partition coefficient (Wildman–Crippen LogP) is 1.64. The maximum atomic E-state index is 10.6. The molecule has 0 aliphatic heterocycles. The number of carbonyl (C=O) groups is 1. The number of nitrogens with zero attached hydrogens (tertiary/aromatic N) is 2. The van der Waals surface area contributed by atoms with E-state index in [-0.39, 0.29) is 0 Å². The molecule has 0 aliphatic carbocycles.